The minimum atomic E-state index is -3.43. The Labute approximate surface area is 131 Å². The third-order valence-electron chi connectivity index (χ3n) is 3.53. The highest BCUT2D eigenvalue weighted by atomic mass is 32.2. The van der Waals surface area contributed by atoms with E-state index in [1.165, 1.54) is 0 Å². The Kier molecular flexibility index (Phi) is 5.34. The van der Waals surface area contributed by atoms with Crippen LogP contribution in [0.15, 0.2) is 60.7 Å². The summed E-state index contributed by atoms with van der Waals surface area (Å²) in [5, 5.41) is 10.4. The minimum absolute atomic E-state index is 0.00187. The van der Waals surface area contributed by atoms with Gasteiger partial charge in [0.1, 0.15) is 5.60 Å². The van der Waals surface area contributed by atoms with Crippen molar-refractivity contribution < 1.29 is 13.5 Å². The van der Waals surface area contributed by atoms with Crippen molar-refractivity contribution in [2.24, 2.45) is 0 Å². The lowest BCUT2D eigenvalue weighted by Crippen LogP contribution is -2.39. The molecule has 0 saturated carbocycles. The monoisotopic (exact) mass is 319 g/mol. The smallest absolute Gasteiger partial charge is 0.212 e. The molecule has 0 spiro atoms. The molecule has 2 rings (SSSR count). The van der Waals surface area contributed by atoms with Crippen molar-refractivity contribution in [2.45, 2.75) is 18.9 Å². The van der Waals surface area contributed by atoms with Crippen LogP contribution >= 0.6 is 0 Å². The highest BCUT2D eigenvalue weighted by Gasteiger charge is 2.25. The molecule has 4 nitrogen and oxygen atoms in total. The first-order valence-corrected chi connectivity index (χ1v) is 8.83. The van der Waals surface area contributed by atoms with Crippen LogP contribution in [-0.2, 0) is 22.0 Å². The van der Waals surface area contributed by atoms with Crippen LogP contribution in [0.4, 0.5) is 0 Å². The predicted molar refractivity (Wildman–Crippen MR) is 87.9 cm³/mol. The Morgan fingerprint density at radius 1 is 1.00 bits per heavy atom. The van der Waals surface area contributed by atoms with E-state index in [0.29, 0.717) is 12.0 Å². The van der Waals surface area contributed by atoms with Gasteiger partial charge in [-0.15, -0.1) is 0 Å². The normalized spacial score (nSPS) is 14.5. The molecule has 22 heavy (non-hydrogen) atoms. The Bertz CT molecular complexity index is 682. The molecule has 5 heteroatoms. The molecule has 2 aromatic carbocycles. The molecule has 0 amide bonds. The minimum Gasteiger partial charge on any atom is -0.384 e. The van der Waals surface area contributed by atoms with Gasteiger partial charge in [0.25, 0.3) is 0 Å². The summed E-state index contributed by atoms with van der Waals surface area (Å²) >= 11 is 0. The fraction of sp³-hybridized carbons (Fsp3) is 0.294. The van der Waals surface area contributed by atoms with Gasteiger partial charge in [-0.3, -0.25) is 0 Å². The summed E-state index contributed by atoms with van der Waals surface area (Å²) in [5.41, 5.74) is 0.421. The lowest BCUT2D eigenvalue weighted by molar-refractivity contribution is 0.0627. The first-order valence-electron chi connectivity index (χ1n) is 7.18. The Morgan fingerprint density at radius 2 is 1.55 bits per heavy atom. The molecule has 0 radical (unpaired) electrons. The van der Waals surface area contributed by atoms with E-state index in [0.717, 1.165) is 5.56 Å². The zero-order valence-corrected chi connectivity index (χ0v) is 13.4. The van der Waals surface area contributed by atoms with Gasteiger partial charge >= 0.3 is 0 Å². The van der Waals surface area contributed by atoms with Crippen molar-refractivity contribution in [1.82, 2.24) is 4.72 Å². The van der Waals surface area contributed by atoms with Crippen molar-refractivity contribution in [3.63, 3.8) is 0 Å². The summed E-state index contributed by atoms with van der Waals surface area (Å²) in [4.78, 5) is 0. The summed E-state index contributed by atoms with van der Waals surface area (Å²) in [5.74, 6) is 0.00187. The molecule has 0 unspecified atom stereocenters. The summed E-state index contributed by atoms with van der Waals surface area (Å²) in [6.07, 6.45) is 0.448. The average Bonchev–Trinajstić information content (AvgIpc) is 2.53. The lowest BCUT2D eigenvalue weighted by atomic mass is 9.97. The van der Waals surface area contributed by atoms with Crippen molar-refractivity contribution in [1.29, 1.82) is 0 Å². The molecule has 0 aliphatic rings. The molecule has 0 saturated heterocycles. The molecular weight excluding hydrogens is 298 g/mol. The van der Waals surface area contributed by atoms with Crippen molar-refractivity contribution >= 4 is 10.0 Å². The van der Waals surface area contributed by atoms with Gasteiger partial charge in [0.15, 0.2) is 0 Å². The van der Waals surface area contributed by atoms with Crippen LogP contribution in [0.5, 0.6) is 0 Å². The summed E-state index contributed by atoms with van der Waals surface area (Å²) in [6.45, 7) is 1.55. The molecule has 0 fully saturated rings. The maximum absolute atomic E-state index is 12.1. The third-order valence-corrected chi connectivity index (χ3v) is 4.86. The van der Waals surface area contributed by atoms with Crippen LogP contribution < -0.4 is 4.72 Å². The van der Waals surface area contributed by atoms with Crippen LogP contribution in [0.25, 0.3) is 0 Å². The summed E-state index contributed by atoms with van der Waals surface area (Å²) in [7, 11) is -3.43. The van der Waals surface area contributed by atoms with Gasteiger partial charge in [0.05, 0.1) is 5.75 Å². The standard InChI is InChI=1S/C17H21NO3S/c1-17(19,16-10-6-3-7-11-16)14-18-22(20,21)13-12-15-8-4-2-5-9-15/h2-11,18-19H,12-14H2,1H3/t17-/m0/s1. The number of aryl methyl sites for hydroxylation is 1. The molecule has 0 aromatic heterocycles. The summed E-state index contributed by atoms with van der Waals surface area (Å²) in [6, 6.07) is 18.5. The van der Waals surface area contributed by atoms with Gasteiger partial charge < -0.3 is 5.11 Å². The molecular formula is C17H21NO3S. The first kappa shape index (κ1) is 16.7. The molecule has 118 valence electrons. The van der Waals surface area contributed by atoms with Gasteiger partial charge in [-0.05, 0) is 24.5 Å². The highest BCUT2D eigenvalue weighted by Crippen LogP contribution is 2.19. The number of sulfonamides is 1. The van der Waals surface area contributed by atoms with Gasteiger partial charge in [0.2, 0.25) is 10.0 Å². The van der Waals surface area contributed by atoms with E-state index in [1.807, 2.05) is 48.5 Å². The second-order valence-electron chi connectivity index (χ2n) is 5.52. The third kappa shape index (κ3) is 4.94. The molecule has 2 aromatic rings. The zero-order valence-electron chi connectivity index (χ0n) is 12.6. The second kappa shape index (κ2) is 7.05. The van der Waals surface area contributed by atoms with Crippen LogP contribution in [0.2, 0.25) is 0 Å². The summed E-state index contributed by atoms with van der Waals surface area (Å²) < 4.78 is 26.6. The number of nitrogens with one attached hydrogen (secondary N) is 1. The number of benzene rings is 2. The van der Waals surface area contributed by atoms with E-state index in [1.54, 1.807) is 19.1 Å². The van der Waals surface area contributed by atoms with Gasteiger partial charge in [-0.1, -0.05) is 60.7 Å². The van der Waals surface area contributed by atoms with Gasteiger partial charge in [0, 0.05) is 6.54 Å². The molecule has 2 N–H and O–H groups in total. The van der Waals surface area contributed by atoms with Gasteiger partial charge in [-0.25, -0.2) is 13.1 Å². The largest absolute Gasteiger partial charge is 0.384 e. The molecule has 1 atom stereocenters. The lowest BCUT2D eigenvalue weighted by Gasteiger charge is -2.24. The average molecular weight is 319 g/mol. The highest BCUT2D eigenvalue weighted by molar-refractivity contribution is 7.89. The van der Waals surface area contributed by atoms with E-state index >= 15 is 0 Å². The Hall–Kier alpha value is -1.69. The van der Waals surface area contributed by atoms with Crippen molar-refractivity contribution in [2.75, 3.05) is 12.3 Å². The van der Waals surface area contributed by atoms with Crippen LogP contribution in [0.1, 0.15) is 18.1 Å². The Balaban J connectivity index is 1.92. The van der Waals surface area contributed by atoms with E-state index in [9.17, 15) is 13.5 Å². The van der Waals surface area contributed by atoms with E-state index in [4.69, 9.17) is 0 Å². The van der Waals surface area contributed by atoms with Gasteiger partial charge in [-0.2, -0.15) is 0 Å². The number of aliphatic hydroxyl groups is 1. The number of rotatable bonds is 7. The molecule has 0 aliphatic carbocycles. The molecule has 0 bridgehead atoms. The fourth-order valence-electron chi connectivity index (χ4n) is 2.12. The predicted octanol–water partition coefficient (Wildman–Crippen LogP) is 2.06. The fourth-order valence-corrected chi connectivity index (χ4v) is 3.27. The Morgan fingerprint density at radius 3 is 2.14 bits per heavy atom. The van der Waals surface area contributed by atoms with Crippen molar-refractivity contribution in [3.05, 3.63) is 71.8 Å². The molecule has 0 aliphatic heterocycles. The molecule has 0 heterocycles. The SMILES string of the molecule is C[C@](O)(CNS(=O)(=O)CCc1ccccc1)c1ccccc1. The van der Waals surface area contributed by atoms with Crippen LogP contribution in [0.3, 0.4) is 0 Å². The van der Waals surface area contributed by atoms with Crippen LogP contribution in [0, 0.1) is 0 Å². The van der Waals surface area contributed by atoms with Crippen LogP contribution in [-0.4, -0.2) is 25.8 Å². The van der Waals surface area contributed by atoms with Crippen molar-refractivity contribution in [3.8, 4) is 0 Å². The van der Waals surface area contributed by atoms with E-state index < -0.39 is 15.6 Å². The maximum atomic E-state index is 12.1. The number of hydrogen-bond acceptors (Lipinski definition) is 3. The second-order valence-corrected chi connectivity index (χ2v) is 7.44. The number of hydrogen-bond donors (Lipinski definition) is 2. The maximum Gasteiger partial charge on any atom is 0.212 e. The zero-order chi connectivity index (χ0) is 16.1. The van der Waals surface area contributed by atoms with E-state index in [2.05, 4.69) is 4.72 Å². The topological polar surface area (TPSA) is 66.4 Å². The first-order chi connectivity index (χ1) is 10.4. The quantitative estimate of drug-likeness (QED) is 0.821. The van der Waals surface area contributed by atoms with E-state index in [-0.39, 0.29) is 12.3 Å².